The summed E-state index contributed by atoms with van der Waals surface area (Å²) in [5, 5.41) is 0. The Hall–Kier alpha value is -0.570. The van der Waals surface area contributed by atoms with Gasteiger partial charge in [-0.1, -0.05) is 33.6 Å². The molecule has 0 aromatic carbocycles. The quantitative estimate of drug-likeness (QED) is 0.792. The highest BCUT2D eigenvalue weighted by atomic mass is 16.2. The Labute approximate surface area is 112 Å². The molecule has 3 nitrogen and oxygen atoms in total. The second-order valence-electron chi connectivity index (χ2n) is 6.61. The molecule has 0 aromatic rings. The van der Waals surface area contributed by atoms with Gasteiger partial charge in [-0.2, -0.15) is 0 Å². The zero-order valence-electron chi connectivity index (χ0n) is 12.5. The van der Waals surface area contributed by atoms with Crippen molar-refractivity contribution in [2.45, 2.75) is 52.9 Å². The molecule has 0 radical (unpaired) electrons. The number of carbonyl (C=O) groups is 1. The van der Waals surface area contributed by atoms with Crippen LogP contribution in [0.15, 0.2) is 0 Å². The van der Waals surface area contributed by atoms with Gasteiger partial charge in [0, 0.05) is 19.0 Å². The fourth-order valence-electron chi connectivity index (χ4n) is 3.37. The van der Waals surface area contributed by atoms with Crippen LogP contribution >= 0.6 is 0 Å². The first-order valence-corrected chi connectivity index (χ1v) is 7.37. The van der Waals surface area contributed by atoms with Gasteiger partial charge in [0.2, 0.25) is 5.91 Å². The first-order valence-electron chi connectivity index (χ1n) is 7.37. The largest absolute Gasteiger partial charge is 0.345 e. The van der Waals surface area contributed by atoms with Gasteiger partial charge < -0.3 is 10.6 Å². The molecule has 1 saturated carbocycles. The van der Waals surface area contributed by atoms with Crippen LogP contribution in [0.4, 0.5) is 0 Å². The molecular formula is C15H30N2O. The SMILES string of the molecule is CC(C)CC1(C(=O)N(C)CC(C)CN)CCCC1. The molecule has 1 unspecified atom stereocenters. The lowest BCUT2D eigenvalue weighted by Crippen LogP contribution is -2.43. The van der Waals surface area contributed by atoms with E-state index in [0.717, 1.165) is 25.8 Å². The van der Waals surface area contributed by atoms with Gasteiger partial charge in [-0.3, -0.25) is 4.79 Å². The molecule has 1 rings (SSSR count). The van der Waals surface area contributed by atoms with E-state index < -0.39 is 0 Å². The zero-order chi connectivity index (χ0) is 13.8. The van der Waals surface area contributed by atoms with E-state index in [-0.39, 0.29) is 5.41 Å². The van der Waals surface area contributed by atoms with Crippen molar-refractivity contribution >= 4 is 5.91 Å². The fraction of sp³-hybridized carbons (Fsp3) is 0.933. The van der Waals surface area contributed by atoms with Crippen LogP contribution in [-0.2, 0) is 4.79 Å². The summed E-state index contributed by atoms with van der Waals surface area (Å²) in [6, 6.07) is 0. The third kappa shape index (κ3) is 3.71. The summed E-state index contributed by atoms with van der Waals surface area (Å²) in [4.78, 5) is 14.7. The summed E-state index contributed by atoms with van der Waals surface area (Å²) in [5.74, 6) is 1.33. The normalized spacial score (nSPS) is 20.1. The average molecular weight is 254 g/mol. The van der Waals surface area contributed by atoms with Gasteiger partial charge in [0.15, 0.2) is 0 Å². The molecule has 1 amide bonds. The topological polar surface area (TPSA) is 46.3 Å². The van der Waals surface area contributed by atoms with E-state index in [1.165, 1.54) is 12.8 Å². The summed E-state index contributed by atoms with van der Waals surface area (Å²) in [7, 11) is 1.94. The third-order valence-electron chi connectivity index (χ3n) is 4.15. The first-order chi connectivity index (χ1) is 8.41. The number of nitrogens with two attached hydrogens (primary N) is 1. The van der Waals surface area contributed by atoms with Crippen LogP contribution in [0.2, 0.25) is 0 Å². The maximum Gasteiger partial charge on any atom is 0.228 e. The van der Waals surface area contributed by atoms with E-state index in [0.29, 0.717) is 24.3 Å². The van der Waals surface area contributed by atoms with Crippen molar-refractivity contribution in [1.82, 2.24) is 4.90 Å². The van der Waals surface area contributed by atoms with Gasteiger partial charge in [-0.05, 0) is 37.6 Å². The summed E-state index contributed by atoms with van der Waals surface area (Å²) >= 11 is 0. The molecule has 0 aromatic heterocycles. The predicted octanol–water partition coefficient (Wildman–Crippen LogP) is 2.65. The van der Waals surface area contributed by atoms with Crippen LogP contribution in [0.3, 0.4) is 0 Å². The van der Waals surface area contributed by atoms with Crippen LogP contribution in [0, 0.1) is 17.3 Å². The lowest BCUT2D eigenvalue weighted by atomic mass is 9.77. The number of hydrogen-bond donors (Lipinski definition) is 1. The summed E-state index contributed by atoms with van der Waals surface area (Å²) in [6.07, 6.45) is 5.60. The molecule has 1 fully saturated rings. The minimum atomic E-state index is -0.0722. The molecule has 0 spiro atoms. The second kappa shape index (κ2) is 6.55. The average Bonchev–Trinajstić information content (AvgIpc) is 2.76. The Morgan fingerprint density at radius 3 is 2.28 bits per heavy atom. The Kier molecular flexibility index (Phi) is 5.64. The monoisotopic (exact) mass is 254 g/mol. The molecule has 0 bridgehead atoms. The highest BCUT2D eigenvalue weighted by molar-refractivity contribution is 5.82. The highest BCUT2D eigenvalue weighted by Gasteiger charge is 2.42. The Morgan fingerprint density at radius 1 is 1.28 bits per heavy atom. The van der Waals surface area contributed by atoms with Crippen LogP contribution in [0.25, 0.3) is 0 Å². The lowest BCUT2D eigenvalue weighted by Gasteiger charge is -2.34. The van der Waals surface area contributed by atoms with Crippen molar-refractivity contribution in [3.05, 3.63) is 0 Å². The van der Waals surface area contributed by atoms with Crippen molar-refractivity contribution in [2.75, 3.05) is 20.1 Å². The van der Waals surface area contributed by atoms with Gasteiger partial charge in [0.05, 0.1) is 0 Å². The van der Waals surface area contributed by atoms with Crippen LogP contribution in [-0.4, -0.2) is 30.9 Å². The maximum atomic E-state index is 12.7. The number of nitrogens with zero attached hydrogens (tertiary/aromatic N) is 1. The summed E-state index contributed by atoms with van der Waals surface area (Å²) in [5.41, 5.74) is 5.58. The molecule has 0 aliphatic heterocycles. The zero-order valence-corrected chi connectivity index (χ0v) is 12.5. The Bertz CT molecular complexity index is 270. The van der Waals surface area contributed by atoms with Crippen LogP contribution in [0.5, 0.6) is 0 Å². The lowest BCUT2D eigenvalue weighted by molar-refractivity contribution is -0.142. The molecule has 106 valence electrons. The third-order valence-corrected chi connectivity index (χ3v) is 4.15. The second-order valence-corrected chi connectivity index (χ2v) is 6.61. The van der Waals surface area contributed by atoms with Gasteiger partial charge in [0.25, 0.3) is 0 Å². The van der Waals surface area contributed by atoms with E-state index >= 15 is 0 Å². The maximum absolute atomic E-state index is 12.7. The van der Waals surface area contributed by atoms with Gasteiger partial charge in [-0.25, -0.2) is 0 Å². The molecular weight excluding hydrogens is 224 g/mol. The van der Waals surface area contributed by atoms with Crippen molar-refractivity contribution < 1.29 is 4.79 Å². The number of carbonyl (C=O) groups excluding carboxylic acids is 1. The van der Waals surface area contributed by atoms with E-state index in [4.69, 9.17) is 5.73 Å². The number of hydrogen-bond acceptors (Lipinski definition) is 2. The van der Waals surface area contributed by atoms with Crippen LogP contribution in [0.1, 0.15) is 52.9 Å². The minimum absolute atomic E-state index is 0.0722. The minimum Gasteiger partial charge on any atom is -0.345 e. The molecule has 0 heterocycles. The molecule has 1 atom stereocenters. The first kappa shape index (κ1) is 15.5. The van der Waals surface area contributed by atoms with Gasteiger partial charge >= 0.3 is 0 Å². The van der Waals surface area contributed by atoms with E-state index in [1.807, 2.05) is 11.9 Å². The molecule has 0 saturated heterocycles. The van der Waals surface area contributed by atoms with Crippen molar-refractivity contribution in [1.29, 1.82) is 0 Å². The Morgan fingerprint density at radius 2 is 1.83 bits per heavy atom. The van der Waals surface area contributed by atoms with Crippen molar-refractivity contribution in [2.24, 2.45) is 23.0 Å². The standard InChI is InChI=1S/C15H30N2O/c1-12(2)9-15(7-5-6-8-15)14(18)17(4)11-13(3)10-16/h12-13H,5-11,16H2,1-4H3. The molecule has 3 heteroatoms. The number of rotatable bonds is 6. The summed E-state index contributed by atoms with van der Waals surface area (Å²) in [6.45, 7) is 7.98. The molecule has 1 aliphatic rings. The van der Waals surface area contributed by atoms with Crippen molar-refractivity contribution in [3.63, 3.8) is 0 Å². The van der Waals surface area contributed by atoms with E-state index in [1.54, 1.807) is 0 Å². The Balaban J connectivity index is 2.70. The molecule has 2 N–H and O–H groups in total. The van der Waals surface area contributed by atoms with Crippen LogP contribution < -0.4 is 5.73 Å². The van der Waals surface area contributed by atoms with Crippen molar-refractivity contribution in [3.8, 4) is 0 Å². The van der Waals surface area contributed by atoms with Gasteiger partial charge in [-0.15, -0.1) is 0 Å². The van der Waals surface area contributed by atoms with Gasteiger partial charge in [0.1, 0.15) is 0 Å². The molecule has 1 aliphatic carbocycles. The van der Waals surface area contributed by atoms with E-state index in [9.17, 15) is 4.79 Å². The summed E-state index contributed by atoms with van der Waals surface area (Å²) < 4.78 is 0. The highest BCUT2D eigenvalue weighted by Crippen LogP contribution is 2.44. The van der Waals surface area contributed by atoms with E-state index in [2.05, 4.69) is 20.8 Å². The molecule has 18 heavy (non-hydrogen) atoms. The fourth-order valence-corrected chi connectivity index (χ4v) is 3.37. The predicted molar refractivity (Wildman–Crippen MR) is 76.2 cm³/mol. The smallest absolute Gasteiger partial charge is 0.228 e. The number of amides is 1.